The molecule has 1 amide bonds. The van der Waals surface area contributed by atoms with Crippen molar-refractivity contribution in [1.29, 1.82) is 0 Å². The Morgan fingerprint density at radius 1 is 1.10 bits per heavy atom. The topological polar surface area (TPSA) is 54.9 Å². The second-order valence-corrected chi connectivity index (χ2v) is 5.44. The van der Waals surface area contributed by atoms with Crippen molar-refractivity contribution in [3.63, 3.8) is 0 Å². The number of hydrogen-bond donors (Lipinski definition) is 1. The van der Waals surface area contributed by atoms with Crippen LogP contribution in [-0.2, 0) is 0 Å². The van der Waals surface area contributed by atoms with Gasteiger partial charge in [-0.3, -0.25) is 9.78 Å². The molecule has 0 aliphatic heterocycles. The molecule has 3 aromatic rings. The van der Waals surface area contributed by atoms with Crippen LogP contribution >= 0.6 is 15.9 Å². The number of para-hydroxylation sites is 1. The van der Waals surface area contributed by atoms with Crippen LogP contribution < -0.4 is 5.32 Å². The highest BCUT2D eigenvalue weighted by atomic mass is 79.9. The first kappa shape index (κ1) is 13.7. The number of anilines is 1. The summed E-state index contributed by atoms with van der Waals surface area (Å²) in [5.41, 5.74) is 2.21. The molecule has 0 aliphatic carbocycles. The zero-order valence-corrected chi connectivity index (χ0v) is 12.9. The van der Waals surface area contributed by atoms with E-state index in [4.69, 9.17) is 0 Å². The summed E-state index contributed by atoms with van der Waals surface area (Å²) in [6, 6.07) is 14.8. The fraction of sp³-hybridized carbons (Fsp3) is 0.0625. The second-order valence-electron chi connectivity index (χ2n) is 4.63. The van der Waals surface area contributed by atoms with Gasteiger partial charge in [-0.25, -0.2) is 4.98 Å². The summed E-state index contributed by atoms with van der Waals surface area (Å²) >= 11 is 3.29. The van der Waals surface area contributed by atoms with E-state index < -0.39 is 0 Å². The molecule has 1 aromatic carbocycles. The molecule has 2 aromatic heterocycles. The lowest BCUT2D eigenvalue weighted by Gasteiger charge is -2.08. The van der Waals surface area contributed by atoms with Gasteiger partial charge in [0.2, 0.25) is 0 Å². The number of nitrogens with one attached hydrogen (secondary N) is 1. The Balaban J connectivity index is 2.02. The molecule has 21 heavy (non-hydrogen) atoms. The first-order valence-electron chi connectivity index (χ1n) is 6.44. The van der Waals surface area contributed by atoms with Gasteiger partial charge in [0.25, 0.3) is 5.91 Å². The van der Waals surface area contributed by atoms with Crippen LogP contribution in [0.25, 0.3) is 10.9 Å². The highest BCUT2D eigenvalue weighted by molar-refractivity contribution is 9.10. The summed E-state index contributed by atoms with van der Waals surface area (Å²) in [5, 5.41) is 3.64. The van der Waals surface area contributed by atoms with E-state index in [0.717, 1.165) is 16.6 Å². The second kappa shape index (κ2) is 5.61. The minimum absolute atomic E-state index is 0.192. The van der Waals surface area contributed by atoms with Crippen molar-refractivity contribution in [2.24, 2.45) is 0 Å². The smallest absolute Gasteiger partial charge is 0.257 e. The third kappa shape index (κ3) is 2.92. The summed E-state index contributed by atoms with van der Waals surface area (Å²) in [5.74, 6) is 0.315. The lowest BCUT2D eigenvalue weighted by Crippen LogP contribution is -2.14. The maximum absolute atomic E-state index is 12.5. The van der Waals surface area contributed by atoms with Crippen LogP contribution in [0.5, 0.6) is 0 Å². The van der Waals surface area contributed by atoms with Crippen LogP contribution in [0.3, 0.4) is 0 Å². The van der Waals surface area contributed by atoms with E-state index in [2.05, 4.69) is 31.2 Å². The predicted molar refractivity (Wildman–Crippen MR) is 86.4 cm³/mol. The third-order valence-corrected chi connectivity index (χ3v) is 3.49. The first-order chi connectivity index (χ1) is 10.1. The van der Waals surface area contributed by atoms with Gasteiger partial charge in [-0.1, -0.05) is 24.3 Å². The summed E-state index contributed by atoms with van der Waals surface area (Å²) in [4.78, 5) is 21.1. The Labute approximate surface area is 130 Å². The molecular weight excluding hydrogens is 330 g/mol. The zero-order valence-electron chi connectivity index (χ0n) is 11.3. The molecular formula is C16H12BrN3O. The molecule has 0 unspecified atom stereocenters. The molecule has 0 fully saturated rings. The van der Waals surface area contributed by atoms with Crippen molar-refractivity contribution in [1.82, 2.24) is 9.97 Å². The van der Waals surface area contributed by atoms with Crippen LogP contribution in [0.15, 0.2) is 53.1 Å². The van der Waals surface area contributed by atoms with Gasteiger partial charge in [0.05, 0.1) is 11.1 Å². The molecule has 4 nitrogen and oxygen atoms in total. The van der Waals surface area contributed by atoms with Gasteiger partial charge in [0.15, 0.2) is 0 Å². The van der Waals surface area contributed by atoms with E-state index in [9.17, 15) is 4.79 Å². The van der Waals surface area contributed by atoms with Gasteiger partial charge < -0.3 is 5.32 Å². The van der Waals surface area contributed by atoms with Crippen LogP contribution in [0.2, 0.25) is 0 Å². The van der Waals surface area contributed by atoms with Crippen molar-refractivity contribution >= 4 is 38.6 Å². The Morgan fingerprint density at radius 2 is 1.90 bits per heavy atom. The number of rotatable bonds is 2. The van der Waals surface area contributed by atoms with Gasteiger partial charge in [0, 0.05) is 11.1 Å². The Bertz CT molecular complexity index is 833. The van der Waals surface area contributed by atoms with Crippen LogP contribution in [0.1, 0.15) is 16.1 Å². The minimum Gasteiger partial charge on any atom is -0.307 e. The fourth-order valence-electron chi connectivity index (χ4n) is 2.16. The average Bonchev–Trinajstić information content (AvgIpc) is 2.46. The van der Waals surface area contributed by atoms with Crippen molar-refractivity contribution in [2.75, 3.05) is 5.32 Å². The van der Waals surface area contributed by atoms with Gasteiger partial charge in [-0.15, -0.1) is 0 Å². The van der Waals surface area contributed by atoms with Crippen molar-refractivity contribution in [2.45, 2.75) is 6.92 Å². The number of carbonyl (C=O) groups is 1. The van der Waals surface area contributed by atoms with E-state index in [1.165, 1.54) is 0 Å². The number of halogens is 1. The molecule has 5 heteroatoms. The summed E-state index contributed by atoms with van der Waals surface area (Å²) < 4.78 is 0.677. The highest BCUT2D eigenvalue weighted by Gasteiger charge is 2.12. The van der Waals surface area contributed by atoms with E-state index in [0.29, 0.717) is 16.0 Å². The number of amides is 1. The molecule has 2 heterocycles. The van der Waals surface area contributed by atoms with E-state index in [1.54, 1.807) is 12.1 Å². The summed E-state index contributed by atoms with van der Waals surface area (Å²) in [6.07, 6.45) is 0. The molecule has 0 saturated heterocycles. The minimum atomic E-state index is -0.192. The molecule has 104 valence electrons. The van der Waals surface area contributed by atoms with Crippen molar-refractivity contribution in [3.05, 3.63) is 64.4 Å². The number of aromatic nitrogens is 2. The highest BCUT2D eigenvalue weighted by Crippen LogP contribution is 2.19. The lowest BCUT2D eigenvalue weighted by molar-refractivity contribution is 0.102. The largest absolute Gasteiger partial charge is 0.307 e. The number of benzene rings is 1. The monoisotopic (exact) mass is 341 g/mol. The van der Waals surface area contributed by atoms with Crippen LogP contribution in [0, 0.1) is 6.92 Å². The van der Waals surface area contributed by atoms with Gasteiger partial charge in [-0.2, -0.15) is 0 Å². The predicted octanol–water partition coefficient (Wildman–Crippen LogP) is 3.95. The normalized spacial score (nSPS) is 10.6. The molecule has 0 saturated carbocycles. The first-order valence-corrected chi connectivity index (χ1v) is 7.23. The van der Waals surface area contributed by atoms with Gasteiger partial charge >= 0.3 is 0 Å². The summed E-state index contributed by atoms with van der Waals surface area (Å²) in [7, 11) is 0. The van der Waals surface area contributed by atoms with Crippen molar-refractivity contribution < 1.29 is 4.79 Å². The van der Waals surface area contributed by atoms with E-state index in [-0.39, 0.29) is 5.91 Å². The molecule has 0 radical (unpaired) electrons. The standard InChI is InChI=1S/C16H12BrN3O/c1-10-9-12(11-5-2-3-6-13(11)18-10)16(21)20-15-8-4-7-14(17)19-15/h2-9H,1H3,(H,19,20,21). The number of pyridine rings is 2. The van der Waals surface area contributed by atoms with E-state index >= 15 is 0 Å². The van der Waals surface area contributed by atoms with Gasteiger partial charge in [-0.05, 0) is 47.1 Å². The number of carbonyl (C=O) groups excluding carboxylic acids is 1. The van der Waals surface area contributed by atoms with Crippen molar-refractivity contribution in [3.8, 4) is 0 Å². The Morgan fingerprint density at radius 3 is 2.71 bits per heavy atom. The molecule has 0 aliphatic rings. The molecule has 0 bridgehead atoms. The fourth-order valence-corrected chi connectivity index (χ4v) is 2.50. The molecule has 1 N–H and O–H groups in total. The third-order valence-electron chi connectivity index (χ3n) is 3.05. The lowest BCUT2D eigenvalue weighted by atomic mass is 10.1. The maximum Gasteiger partial charge on any atom is 0.257 e. The zero-order chi connectivity index (χ0) is 14.8. The molecule has 0 spiro atoms. The maximum atomic E-state index is 12.5. The molecule has 0 atom stereocenters. The van der Waals surface area contributed by atoms with Gasteiger partial charge in [0.1, 0.15) is 10.4 Å². The van der Waals surface area contributed by atoms with Crippen LogP contribution in [-0.4, -0.2) is 15.9 Å². The number of aryl methyl sites for hydroxylation is 1. The molecule has 3 rings (SSSR count). The van der Waals surface area contributed by atoms with E-state index in [1.807, 2.05) is 43.3 Å². The number of fused-ring (bicyclic) bond motifs is 1. The summed E-state index contributed by atoms with van der Waals surface area (Å²) in [6.45, 7) is 1.88. The Kier molecular flexibility index (Phi) is 3.66. The van der Waals surface area contributed by atoms with Crippen LogP contribution in [0.4, 0.5) is 5.82 Å². The average molecular weight is 342 g/mol. The Hall–Kier alpha value is -2.27. The number of hydrogen-bond acceptors (Lipinski definition) is 3. The quantitative estimate of drug-likeness (QED) is 0.718. The number of nitrogens with zero attached hydrogens (tertiary/aromatic N) is 2. The SMILES string of the molecule is Cc1cc(C(=O)Nc2cccc(Br)n2)c2ccccc2n1.